The molecule has 0 aromatic heterocycles. The number of allylic oxidation sites excluding steroid dienone is 2. The molecule has 4 atom stereocenters. The summed E-state index contributed by atoms with van der Waals surface area (Å²) in [5, 5.41) is 13.8. The predicted octanol–water partition coefficient (Wildman–Crippen LogP) is 2.49. The molecule has 2 aliphatic carbocycles. The minimum Gasteiger partial charge on any atom is -0.478 e. The first-order valence-electron chi connectivity index (χ1n) is 7.99. The number of fused-ring (bicyclic) bond motifs is 5. The number of nitriles is 1. The zero-order valence-electron chi connectivity index (χ0n) is 13.1. The first-order valence-corrected chi connectivity index (χ1v) is 8.79. The maximum absolute atomic E-state index is 12.6. The van der Waals surface area contributed by atoms with Gasteiger partial charge in [-0.2, -0.15) is 15.4 Å². The highest BCUT2D eigenvalue weighted by Crippen LogP contribution is 2.52. The number of hydrogen-bond donors (Lipinski definition) is 0. The van der Waals surface area contributed by atoms with Crippen LogP contribution in [-0.2, 0) is 9.59 Å². The van der Waals surface area contributed by atoms with Crippen LogP contribution in [0.1, 0.15) is 12.0 Å². The van der Waals surface area contributed by atoms with Gasteiger partial charge in [0.25, 0.3) is 11.8 Å². The second-order valence-electron chi connectivity index (χ2n) is 6.36. The second kappa shape index (κ2) is 6.12. The molecule has 2 amide bonds. The lowest BCUT2D eigenvalue weighted by atomic mass is 9.85. The molecule has 1 saturated heterocycles. The van der Waals surface area contributed by atoms with Crippen molar-refractivity contribution in [3.05, 3.63) is 40.4 Å². The average molecular weight is 400 g/mol. The molecule has 6 nitrogen and oxygen atoms in total. The summed E-state index contributed by atoms with van der Waals surface area (Å²) in [5.41, 5.74) is 0.586. The minimum absolute atomic E-state index is 0.0940. The highest BCUT2D eigenvalue weighted by molar-refractivity contribution is 9.10. The number of halogens is 1. The lowest BCUT2D eigenvalue weighted by Crippen LogP contribution is -2.28. The van der Waals surface area contributed by atoms with Crippen molar-refractivity contribution in [2.75, 3.05) is 6.61 Å². The Morgan fingerprint density at radius 2 is 1.96 bits per heavy atom. The van der Waals surface area contributed by atoms with Crippen molar-refractivity contribution in [2.24, 2.45) is 28.8 Å². The normalized spacial score (nSPS) is 29.5. The molecule has 4 rings (SSSR count). The van der Waals surface area contributed by atoms with Gasteiger partial charge in [-0.05, 0) is 36.5 Å². The molecule has 7 heteroatoms. The zero-order chi connectivity index (χ0) is 17.6. The van der Waals surface area contributed by atoms with Gasteiger partial charge in [-0.1, -0.05) is 28.1 Å². The largest absolute Gasteiger partial charge is 0.478 e. The number of benzene rings is 1. The zero-order valence-corrected chi connectivity index (χ0v) is 14.7. The van der Waals surface area contributed by atoms with Crippen LogP contribution in [0.25, 0.3) is 0 Å². The van der Waals surface area contributed by atoms with Crippen LogP contribution in [0.15, 0.2) is 39.9 Å². The fourth-order valence-corrected chi connectivity index (χ4v) is 4.36. The summed E-state index contributed by atoms with van der Waals surface area (Å²) in [5.74, 6) is -0.197. The molecular weight excluding hydrogens is 386 g/mol. The molecule has 1 saturated carbocycles. The van der Waals surface area contributed by atoms with Gasteiger partial charge >= 0.3 is 0 Å². The van der Waals surface area contributed by atoms with E-state index < -0.39 is 0 Å². The molecule has 1 heterocycles. The van der Waals surface area contributed by atoms with Gasteiger partial charge in [0.05, 0.1) is 18.1 Å². The third kappa shape index (κ3) is 2.57. The number of amides is 2. The van der Waals surface area contributed by atoms with Gasteiger partial charge in [-0.3, -0.25) is 9.59 Å². The Bertz CT molecular complexity index is 828. The Morgan fingerprint density at radius 3 is 2.60 bits per heavy atom. The molecule has 2 fully saturated rings. The predicted molar refractivity (Wildman–Crippen MR) is 92.4 cm³/mol. The molecule has 2 bridgehead atoms. The van der Waals surface area contributed by atoms with Crippen LogP contribution in [0.2, 0.25) is 0 Å². The average Bonchev–Trinajstić information content (AvgIpc) is 3.27. The van der Waals surface area contributed by atoms with Crippen molar-refractivity contribution >= 4 is 34.0 Å². The number of carbonyl (C=O) groups is 2. The van der Waals surface area contributed by atoms with E-state index in [1.165, 1.54) is 6.21 Å². The van der Waals surface area contributed by atoms with Crippen molar-refractivity contribution in [1.82, 2.24) is 5.01 Å². The number of ether oxygens (including phenoxy) is 1. The molecule has 0 unspecified atom stereocenters. The molecule has 126 valence electrons. The fourth-order valence-electron chi connectivity index (χ4n) is 3.98. The monoisotopic (exact) mass is 399 g/mol. The van der Waals surface area contributed by atoms with E-state index in [4.69, 9.17) is 10.00 Å². The molecule has 1 aromatic carbocycles. The van der Waals surface area contributed by atoms with Gasteiger partial charge in [0, 0.05) is 10.0 Å². The van der Waals surface area contributed by atoms with E-state index in [0.717, 1.165) is 15.9 Å². The number of nitrogens with zero attached hydrogens (tertiary/aromatic N) is 3. The van der Waals surface area contributed by atoms with Crippen LogP contribution in [0.3, 0.4) is 0 Å². The summed E-state index contributed by atoms with van der Waals surface area (Å²) >= 11 is 3.37. The van der Waals surface area contributed by atoms with E-state index >= 15 is 0 Å². The van der Waals surface area contributed by atoms with Crippen LogP contribution in [0.4, 0.5) is 0 Å². The van der Waals surface area contributed by atoms with Crippen LogP contribution >= 0.6 is 15.9 Å². The lowest BCUT2D eigenvalue weighted by Gasteiger charge is -2.13. The first kappa shape index (κ1) is 16.0. The molecule has 25 heavy (non-hydrogen) atoms. The van der Waals surface area contributed by atoms with E-state index in [2.05, 4.69) is 21.0 Å². The van der Waals surface area contributed by atoms with Gasteiger partial charge in [0.15, 0.2) is 6.61 Å². The lowest BCUT2D eigenvalue weighted by molar-refractivity contribution is -0.140. The topological polar surface area (TPSA) is 82.8 Å². The smallest absolute Gasteiger partial charge is 0.254 e. The molecule has 0 radical (unpaired) electrons. The summed E-state index contributed by atoms with van der Waals surface area (Å²) in [6, 6.07) is 7.15. The van der Waals surface area contributed by atoms with Crippen molar-refractivity contribution in [1.29, 1.82) is 5.26 Å². The van der Waals surface area contributed by atoms with Crippen LogP contribution in [0, 0.1) is 35.0 Å². The summed E-state index contributed by atoms with van der Waals surface area (Å²) in [7, 11) is 0. The number of carbonyl (C=O) groups excluding carboxylic acids is 2. The van der Waals surface area contributed by atoms with Crippen molar-refractivity contribution in [3.8, 4) is 11.8 Å². The van der Waals surface area contributed by atoms with Gasteiger partial charge in [0.2, 0.25) is 0 Å². The Morgan fingerprint density at radius 1 is 1.28 bits per heavy atom. The van der Waals surface area contributed by atoms with E-state index in [0.29, 0.717) is 11.3 Å². The Kier molecular flexibility index (Phi) is 3.92. The third-order valence-electron chi connectivity index (χ3n) is 5.02. The summed E-state index contributed by atoms with van der Waals surface area (Å²) in [6.45, 7) is -0.0940. The standard InChI is InChI=1S/C18H14BrN3O3/c19-13-3-4-14(25-6-5-20)12(8-13)9-21-22-17(23)15-10-1-2-11(7-10)16(15)18(22)24/h1-4,8-11,15-16H,6-7H2/t10-,11-,15-,16+/m0/s1. The summed E-state index contributed by atoms with van der Waals surface area (Å²) in [6.07, 6.45) is 6.42. The van der Waals surface area contributed by atoms with E-state index in [1.54, 1.807) is 18.2 Å². The first-order chi connectivity index (χ1) is 12.1. The summed E-state index contributed by atoms with van der Waals surface area (Å²) < 4.78 is 6.16. The second-order valence-corrected chi connectivity index (χ2v) is 7.28. The fraction of sp³-hybridized carbons (Fsp3) is 0.333. The third-order valence-corrected chi connectivity index (χ3v) is 5.52. The van der Waals surface area contributed by atoms with Gasteiger partial charge in [-0.25, -0.2) is 0 Å². The minimum atomic E-state index is -0.267. The molecule has 0 N–H and O–H groups in total. The van der Waals surface area contributed by atoms with Crippen molar-refractivity contribution in [2.45, 2.75) is 6.42 Å². The highest BCUT2D eigenvalue weighted by Gasteiger charge is 2.59. The summed E-state index contributed by atoms with van der Waals surface area (Å²) in [4.78, 5) is 25.2. The maximum atomic E-state index is 12.6. The van der Waals surface area contributed by atoms with E-state index in [9.17, 15) is 9.59 Å². The Hall–Kier alpha value is -2.46. The Balaban J connectivity index is 1.59. The van der Waals surface area contributed by atoms with Gasteiger partial charge < -0.3 is 4.74 Å². The maximum Gasteiger partial charge on any atom is 0.254 e. The van der Waals surface area contributed by atoms with Crippen LogP contribution in [0.5, 0.6) is 5.75 Å². The number of hydrogen-bond acceptors (Lipinski definition) is 5. The van der Waals surface area contributed by atoms with Crippen LogP contribution in [-0.4, -0.2) is 29.6 Å². The number of hydrazone groups is 1. The van der Waals surface area contributed by atoms with Gasteiger partial charge in [0.1, 0.15) is 11.8 Å². The quantitative estimate of drug-likeness (QED) is 0.442. The van der Waals surface area contributed by atoms with Crippen LogP contribution < -0.4 is 4.74 Å². The molecular formula is C18H14BrN3O3. The number of rotatable bonds is 4. The van der Waals surface area contributed by atoms with Crippen molar-refractivity contribution in [3.63, 3.8) is 0 Å². The molecule has 1 aromatic rings. The van der Waals surface area contributed by atoms with E-state index in [-0.39, 0.29) is 42.1 Å². The molecule has 3 aliphatic rings. The highest BCUT2D eigenvalue weighted by atomic mass is 79.9. The Labute approximate surface area is 152 Å². The molecule has 0 spiro atoms. The SMILES string of the molecule is N#CCOc1ccc(Br)cc1C=NN1C(=O)[C@@H]2[C@H](C1=O)[C@H]1C=C[C@H]2C1. The van der Waals surface area contributed by atoms with E-state index in [1.807, 2.05) is 18.2 Å². The van der Waals surface area contributed by atoms with Crippen molar-refractivity contribution < 1.29 is 14.3 Å². The van der Waals surface area contributed by atoms with Gasteiger partial charge in [-0.15, -0.1) is 0 Å². The number of imide groups is 1. The molecule has 1 aliphatic heterocycles.